The molecule has 6 nitrogen and oxygen atoms in total. The lowest BCUT2D eigenvalue weighted by Gasteiger charge is -2.26. The number of fused-ring (bicyclic) bond motifs is 1. The van der Waals surface area contributed by atoms with Gasteiger partial charge in [-0.15, -0.1) is 0 Å². The predicted molar refractivity (Wildman–Crippen MR) is 80.6 cm³/mol. The van der Waals surface area contributed by atoms with Crippen molar-refractivity contribution in [2.45, 2.75) is 39.2 Å². The van der Waals surface area contributed by atoms with Crippen molar-refractivity contribution in [3.63, 3.8) is 0 Å². The number of amides is 1. The van der Waals surface area contributed by atoms with Crippen molar-refractivity contribution in [1.29, 1.82) is 0 Å². The number of furan rings is 1. The first-order valence-corrected chi connectivity index (χ1v) is 7.24. The van der Waals surface area contributed by atoms with Gasteiger partial charge in [0.15, 0.2) is 0 Å². The molecule has 0 radical (unpaired) electrons. The summed E-state index contributed by atoms with van der Waals surface area (Å²) in [5.41, 5.74) is 1.12. The van der Waals surface area contributed by atoms with E-state index in [9.17, 15) is 4.79 Å². The Morgan fingerprint density at radius 1 is 1.48 bits per heavy atom. The molecule has 0 unspecified atom stereocenters. The van der Waals surface area contributed by atoms with Crippen molar-refractivity contribution in [2.75, 3.05) is 18.5 Å². The van der Waals surface area contributed by atoms with E-state index < -0.39 is 0 Å². The molecule has 6 heteroatoms. The summed E-state index contributed by atoms with van der Waals surface area (Å²) in [5.74, 6) is 1.20. The van der Waals surface area contributed by atoms with E-state index in [-0.39, 0.29) is 11.4 Å². The van der Waals surface area contributed by atoms with Crippen molar-refractivity contribution < 1.29 is 9.21 Å². The van der Waals surface area contributed by atoms with E-state index in [4.69, 9.17) is 4.42 Å². The summed E-state index contributed by atoms with van der Waals surface area (Å²) in [6.45, 7) is 6.44. The summed E-state index contributed by atoms with van der Waals surface area (Å²) in [7, 11) is 2.01. The van der Waals surface area contributed by atoms with Crippen LogP contribution in [-0.2, 0) is 0 Å². The Kier molecular flexibility index (Phi) is 3.11. The number of carbonyl (C=O) groups is 1. The van der Waals surface area contributed by atoms with Crippen LogP contribution in [0, 0.1) is 6.92 Å². The fraction of sp³-hybridized carbons (Fsp3) is 0.533. The molecule has 2 aromatic rings. The van der Waals surface area contributed by atoms with E-state index >= 15 is 0 Å². The number of carbonyl (C=O) groups excluding carboxylic acids is 1. The lowest BCUT2D eigenvalue weighted by atomic mass is 10.1. The van der Waals surface area contributed by atoms with Gasteiger partial charge in [0.2, 0.25) is 5.71 Å². The molecule has 1 aliphatic carbocycles. The zero-order valence-corrected chi connectivity index (χ0v) is 12.9. The van der Waals surface area contributed by atoms with Crippen LogP contribution in [0.1, 0.15) is 42.8 Å². The molecule has 0 spiro atoms. The lowest BCUT2D eigenvalue weighted by Crippen LogP contribution is -2.32. The van der Waals surface area contributed by atoms with Gasteiger partial charge in [-0.3, -0.25) is 4.79 Å². The highest BCUT2D eigenvalue weighted by Crippen LogP contribution is 2.44. The van der Waals surface area contributed by atoms with Crippen LogP contribution in [0.2, 0.25) is 0 Å². The number of rotatable bonds is 4. The minimum atomic E-state index is -0.140. The molecule has 3 rings (SSSR count). The number of aryl methyl sites for hydroxylation is 1. The maximum absolute atomic E-state index is 12.3. The number of nitrogens with zero attached hydrogens (tertiary/aromatic N) is 3. The fourth-order valence-electron chi connectivity index (χ4n) is 2.58. The van der Waals surface area contributed by atoms with E-state index in [1.165, 1.54) is 6.33 Å². The first kappa shape index (κ1) is 13.9. The number of hydrogen-bond donors (Lipinski definition) is 1. The van der Waals surface area contributed by atoms with Crippen LogP contribution in [0.5, 0.6) is 0 Å². The van der Waals surface area contributed by atoms with Gasteiger partial charge in [0, 0.05) is 19.1 Å². The average molecular weight is 288 g/mol. The van der Waals surface area contributed by atoms with Gasteiger partial charge < -0.3 is 14.6 Å². The molecule has 1 amide bonds. The van der Waals surface area contributed by atoms with Crippen molar-refractivity contribution in [3.8, 4) is 0 Å². The molecular weight excluding hydrogens is 268 g/mol. The lowest BCUT2D eigenvalue weighted by molar-refractivity contribution is 0.0955. The van der Waals surface area contributed by atoms with Crippen molar-refractivity contribution in [3.05, 3.63) is 17.7 Å². The van der Waals surface area contributed by atoms with E-state index in [2.05, 4.69) is 27.1 Å². The smallest absolute Gasteiger partial charge is 0.255 e. The second-order valence-corrected chi connectivity index (χ2v) is 5.83. The molecule has 2 aromatic heterocycles. The fourth-order valence-corrected chi connectivity index (χ4v) is 2.58. The zero-order chi connectivity index (χ0) is 15.2. The van der Waals surface area contributed by atoms with Gasteiger partial charge in [0.25, 0.3) is 5.91 Å². The third-order valence-electron chi connectivity index (χ3n) is 4.31. The Bertz CT molecular complexity index is 703. The van der Waals surface area contributed by atoms with Gasteiger partial charge in [-0.1, -0.05) is 0 Å². The SMILES string of the molecule is CCNC(=O)c1c(C)oc2ncnc(N(C)C3(C)CC3)c12. The van der Waals surface area contributed by atoms with Gasteiger partial charge in [0.1, 0.15) is 17.9 Å². The standard InChI is InChI=1S/C15H20N4O2/c1-5-16-13(20)10-9(2)21-14-11(10)12(17-8-18-14)19(4)15(3)6-7-15/h8H,5-7H2,1-4H3,(H,16,20). The highest BCUT2D eigenvalue weighted by molar-refractivity contribution is 6.10. The number of hydrogen-bond acceptors (Lipinski definition) is 5. The Labute approximate surface area is 123 Å². The molecule has 0 aromatic carbocycles. The van der Waals surface area contributed by atoms with Gasteiger partial charge in [-0.2, -0.15) is 0 Å². The first-order chi connectivity index (χ1) is 9.98. The quantitative estimate of drug-likeness (QED) is 0.934. The zero-order valence-electron chi connectivity index (χ0n) is 12.9. The van der Waals surface area contributed by atoms with Crippen LogP contribution < -0.4 is 10.2 Å². The minimum absolute atomic E-state index is 0.116. The van der Waals surface area contributed by atoms with E-state index in [1.807, 2.05) is 14.0 Å². The molecule has 0 bridgehead atoms. The molecule has 1 fully saturated rings. The van der Waals surface area contributed by atoms with E-state index in [0.29, 0.717) is 29.0 Å². The second-order valence-electron chi connectivity index (χ2n) is 5.83. The van der Waals surface area contributed by atoms with Crippen LogP contribution in [0.15, 0.2) is 10.7 Å². The molecule has 0 saturated heterocycles. The Morgan fingerprint density at radius 2 is 2.19 bits per heavy atom. The van der Waals surface area contributed by atoms with Crippen molar-refractivity contribution in [2.24, 2.45) is 0 Å². The third-order valence-corrected chi connectivity index (χ3v) is 4.31. The second kappa shape index (κ2) is 4.72. The molecule has 0 aliphatic heterocycles. The summed E-state index contributed by atoms with van der Waals surface area (Å²) in [5, 5.41) is 3.53. The van der Waals surface area contributed by atoms with Gasteiger partial charge >= 0.3 is 0 Å². The summed E-state index contributed by atoms with van der Waals surface area (Å²) < 4.78 is 5.65. The van der Waals surface area contributed by atoms with E-state index in [1.54, 1.807) is 6.92 Å². The molecule has 1 aliphatic rings. The maximum atomic E-state index is 12.3. The molecular formula is C15H20N4O2. The highest BCUT2D eigenvalue weighted by atomic mass is 16.3. The average Bonchev–Trinajstić information content (AvgIpc) is 3.10. The number of nitrogens with one attached hydrogen (secondary N) is 1. The Hall–Kier alpha value is -2.11. The van der Waals surface area contributed by atoms with Crippen LogP contribution in [0.4, 0.5) is 5.82 Å². The molecule has 0 atom stereocenters. The van der Waals surface area contributed by atoms with Crippen LogP contribution >= 0.6 is 0 Å². The number of aromatic nitrogens is 2. The Morgan fingerprint density at radius 3 is 2.81 bits per heavy atom. The molecule has 21 heavy (non-hydrogen) atoms. The molecule has 2 heterocycles. The largest absolute Gasteiger partial charge is 0.442 e. The summed E-state index contributed by atoms with van der Waals surface area (Å²) in [4.78, 5) is 23.0. The van der Waals surface area contributed by atoms with Gasteiger partial charge in [-0.25, -0.2) is 9.97 Å². The third kappa shape index (κ3) is 2.14. The number of anilines is 1. The summed E-state index contributed by atoms with van der Waals surface area (Å²) in [6, 6.07) is 0. The van der Waals surface area contributed by atoms with Gasteiger partial charge in [-0.05, 0) is 33.6 Å². The molecule has 112 valence electrons. The van der Waals surface area contributed by atoms with E-state index in [0.717, 1.165) is 18.7 Å². The first-order valence-electron chi connectivity index (χ1n) is 7.24. The monoisotopic (exact) mass is 288 g/mol. The maximum Gasteiger partial charge on any atom is 0.255 e. The predicted octanol–water partition coefficient (Wildman–Crippen LogP) is 2.27. The Balaban J connectivity index is 2.19. The van der Waals surface area contributed by atoms with Crippen LogP contribution in [0.3, 0.4) is 0 Å². The normalized spacial score (nSPS) is 16.0. The molecule has 1 saturated carbocycles. The summed E-state index contributed by atoms with van der Waals surface area (Å²) in [6.07, 6.45) is 3.75. The topological polar surface area (TPSA) is 71.3 Å². The van der Waals surface area contributed by atoms with Crippen LogP contribution in [-0.4, -0.2) is 35.0 Å². The summed E-state index contributed by atoms with van der Waals surface area (Å²) >= 11 is 0. The van der Waals surface area contributed by atoms with Crippen molar-refractivity contribution >= 4 is 22.8 Å². The van der Waals surface area contributed by atoms with Crippen molar-refractivity contribution in [1.82, 2.24) is 15.3 Å². The van der Waals surface area contributed by atoms with Gasteiger partial charge in [0.05, 0.1) is 10.9 Å². The molecule has 1 N–H and O–H groups in total. The minimum Gasteiger partial charge on any atom is -0.442 e. The van der Waals surface area contributed by atoms with Crippen LogP contribution in [0.25, 0.3) is 11.1 Å². The highest BCUT2D eigenvalue weighted by Gasteiger charge is 2.43.